The van der Waals surface area contributed by atoms with Crippen molar-refractivity contribution in [1.82, 2.24) is 20.3 Å². The molecular formula is C19H22ClF3N6O. The predicted molar refractivity (Wildman–Crippen MR) is 108 cm³/mol. The molecule has 7 nitrogen and oxygen atoms in total. The zero-order chi connectivity index (χ0) is 21.9. The van der Waals surface area contributed by atoms with Crippen LogP contribution in [0.1, 0.15) is 37.6 Å². The Labute approximate surface area is 176 Å². The number of hydrogen-bond donors (Lipinski definition) is 3. The van der Waals surface area contributed by atoms with Gasteiger partial charge in [-0.1, -0.05) is 25.4 Å². The molecule has 3 N–H and O–H groups in total. The second-order valence-electron chi connectivity index (χ2n) is 7.35. The van der Waals surface area contributed by atoms with Gasteiger partial charge in [0.05, 0.1) is 17.4 Å². The van der Waals surface area contributed by atoms with Crippen molar-refractivity contribution in [2.45, 2.75) is 38.4 Å². The lowest BCUT2D eigenvalue weighted by Gasteiger charge is -2.23. The van der Waals surface area contributed by atoms with E-state index in [0.29, 0.717) is 23.2 Å². The maximum Gasteiger partial charge on any atom is 0.390 e. The Bertz CT molecular complexity index is 908. The normalized spacial score (nSPS) is 16.7. The Balaban J connectivity index is 1.72. The average molecular weight is 443 g/mol. The first-order chi connectivity index (χ1) is 14.1. The van der Waals surface area contributed by atoms with E-state index >= 15 is 0 Å². The highest BCUT2D eigenvalue weighted by molar-refractivity contribution is 6.30. The van der Waals surface area contributed by atoms with Crippen LogP contribution >= 0.6 is 11.6 Å². The molecule has 1 aliphatic heterocycles. The molecule has 0 saturated heterocycles. The van der Waals surface area contributed by atoms with E-state index in [1.165, 1.54) is 0 Å². The summed E-state index contributed by atoms with van der Waals surface area (Å²) in [5, 5.41) is 9.04. The van der Waals surface area contributed by atoms with Crippen molar-refractivity contribution in [1.29, 1.82) is 0 Å². The highest BCUT2D eigenvalue weighted by atomic mass is 35.5. The second-order valence-corrected chi connectivity index (χ2v) is 7.78. The maximum absolute atomic E-state index is 12.4. The van der Waals surface area contributed by atoms with Gasteiger partial charge in [0.1, 0.15) is 23.5 Å². The third-order valence-corrected chi connectivity index (χ3v) is 4.89. The largest absolute Gasteiger partial charge is 0.390 e. The molecule has 1 unspecified atom stereocenters. The third kappa shape index (κ3) is 5.50. The van der Waals surface area contributed by atoms with Crippen LogP contribution in [0.2, 0.25) is 5.02 Å². The summed E-state index contributed by atoms with van der Waals surface area (Å²) in [5.41, 5.74) is 0.880. The first-order valence-corrected chi connectivity index (χ1v) is 9.85. The average Bonchev–Trinajstić information content (AvgIpc) is 3.08. The molecule has 30 heavy (non-hydrogen) atoms. The van der Waals surface area contributed by atoms with Crippen molar-refractivity contribution >= 4 is 29.1 Å². The fourth-order valence-corrected chi connectivity index (χ4v) is 3.33. The molecule has 0 radical (unpaired) electrons. The van der Waals surface area contributed by atoms with Crippen molar-refractivity contribution in [2.24, 2.45) is 5.92 Å². The van der Waals surface area contributed by atoms with Gasteiger partial charge < -0.3 is 16.0 Å². The SMILES string of the molecule is CC(C)[C@@H](Nc1ccnc(C2CNc3ncc(Cl)cc32)n1)C(=O)NCCC(F)(F)F. The van der Waals surface area contributed by atoms with Crippen LogP contribution in [0.5, 0.6) is 0 Å². The predicted octanol–water partition coefficient (Wildman–Crippen LogP) is 3.59. The van der Waals surface area contributed by atoms with E-state index in [1.54, 1.807) is 32.3 Å². The first-order valence-electron chi connectivity index (χ1n) is 9.47. The van der Waals surface area contributed by atoms with Crippen LogP contribution in [0.4, 0.5) is 24.8 Å². The molecule has 1 aliphatic rings. The van der Waals surface area contributed by atoms with Crippen LogP contribution in [0.15, 0.2) is 24.5 Å². The van der Waals surface area contributed by atoms with Crippen molar-refractivity contribution < 1.29 is 18.0 Å². The number of anilines is 2. The van der Waals surface area contributed by atoms with E-state index in [2.05, 4.69) is 30.9 Å². The number of aromatic nitrogens is 3. The summed E-state index contributed by atoms with van der Waals surface area (Å²) in [6.07, 6.45) is -2.27. The number of nitrogens with zero attached hydrogens (tertiary/aromatic N) is 3. The molecule has 0 aromatic carbocycles. The summed E-state index contributed by atoms with van der Waals surface area (Å²) in [4.78, 5) is 25.5. The van der Waals surface area contributed by atoms with Crippen LogP contribution in [0, 0.1) is 5.92 Å². The van der Waals surface area contributed by atoms with E-state index < -0.39 is 31.1 Å². The van der Waals surface area contributed by atoms with Gasteiger partial charge in [-0.3, -0.25) is 4.79 Å². The van der Waals surface area contributed by atoms with Crippen LogP contribution in [0.25, 0.3) is 0 Å². The van der Waals surface area contributed by atoms with Crippen LogP contribution < -0.4 is 16.0 Å². The lowest BCUT2D eigenvalue weighted by molar-refractivity contribution is -0.135. The van der Waals surface area contributed by atoms with Gasteiger partial charge in [-0.15, -0.1) is 0 Å². The molecule has 2 atom stereocenters. The Morgan fingerprint density at radius 2 is 2.13 bits per heavy atom. The van der Waals surface area contributed by atoms with Gasteiger partial charge >= 0.3 is 6.18 Å². The number of hydrogen-bond acceptors (Lipinski definition) is 6. The fraction of sp³-hybridized carbons (Fsp3) is 0.474. The van der Waals surface area contributed by atoms with Gasteiger partial charge in [0, 0.05) is 31.0 Å². The van der Waals surface area contributed by atoms with Gasteiger partial charge in [0.15, 0.2) is 0 Å². The standard InChI is InChI=1S/C19H22ClF3N6O/c1-10(2)15(18(30)25-6-4-19(21,22)23)28-14-3-5-24-17(29-14)13-9-27-16-12(13)7-11(20)8-26-16/h3,5,7-8,10,13,15H,4,6,9H2,1-2H3,(H,25,30)(H,26,27)(H,24,28,29)/t13?,15-/m1/s1. The van der Waals surface area contributed by atoms with Crippen molar-refractivity contribution in [3.8, 4) is 0 Å². The van der Waals surface area contributed by atoms with E-state index in [9.17, 15) is 18.0 Å². The fourth-order valence-electron chi connectivity index (χ4n) is 3.16. The Morgan fingerprint density at radius 1 is 1.37 bits per heavy atom. The number of carbonyl (C=O) groups is 1. The number of rotatable bonds is 7. The number of amides is 1. The minimum absolute atomic E-state index is 0.161. The number of carbonyl (C=O) groups excluding carboxylic acids is 1. The number of nitrogens with one attached hydrogen (secondary N) is 3. The summed E-state index contributed by atoms with van der Waals surface area (Å²) in [7, 11) is 0. The van der Waals surface area contributed by atoms with E-state index in [0.717, 1.165) is 11.4 Å². The highest BCUT2D eigenvalue weighted by Crippen LogP contribution is 2.34. The first kappa shape index (κ1) is 22.1. The molecular weight excluding hydrogens is 421 g/mol. The van der Waals surface area contributed by atoms with Crippen molar-refractivity contribution in [3.63, 3.8) is 0 Å². The van der Waals surface area contributed by atoms with Gasteiger partial charge in [0.25, 0.3) is 0 Å². The molecule has 162 valence electrons. The van der Waals surface area contributed by atoms with Gasteiger partial charge in [-0.2, -0.15) is 13.2 Å². The van der Waals surface area contributed by atoms with Gasteiger partial charge in [-0.25, -0.2) is 15.0 Å². The molecule has 2 aromatic rings. The quantitative estimate of drug-likeness (QED) is 0.607. The Kier molecular flexibility index (Phi) is 6.64. The Morgan fingerprint density at radius 3 is 2.83 bits per heavy atom. The molecule has 0 fully saturated rings. The number of alkyl halides is 3. The molecule has 0 bridgehead atoms. The zero-order valence-electron chi connectivity index (χ0n) is 16.4. The topological polar surface area (TPSA) is 91.8 Å². The third-order valence-electron chi connectivity index (χ3n) is 4.68. The monoisotopic (exact) mass is 442 g/mol. The van der Waals surface area contributed by atoms with Crippen molar-refractivity contribution in [2.75, 3.05) is 23.7 Å². The smallest absolute Gasteiger partial charge is 0.369 e. The van der Waals surface area contributed by atoms with E-state index in [1.807, 2.05) is 6.07 Å². The lowest BCUT2D eigenvalue weighted by Crippen LogP contribution is -2.44. The molecule has 0 spiro atoms. The molecule has 3 heterocycles. The Hall–Kier alpha value is -2.62. The minimum atomic E-state index is -4.32. The van der Waals surface area contributed by atoms with Crippen molar-refractivity contribution in [3.05, 3.63) is 40.9 Å². The lowest BCUT2D eigenvalue weighted by atomic mass is 10.0. The van der Waals surface area contributed by atoms with Crippen LogP contribution in [0.3, 0.4) is 0 Å². The highest BCUT2D eigenvalue weighted by Gasteiger charge is 2.30. The zero-order valence-corrected chi connectivity index (χ0v) is 17.2. The second kappa shape index (κ2) is 9.03. The summed E-state index contributed by atoms with van der Waals surface area (Å²) < 4.78 is 37.0. The molecule has 11 heteroatoms. The van der Waals surface area contributed by atoms with E-state index in [4.69, 9.17) is 11.6 Å². The molecule has 2 aromatic heterocycles. The van der Waals surface area contributed by atoms with Crippen LogP contribution in [-0.2, 0) is 4.79 Å². The number of fused-ring (bicyclic) bond motifs is 1. The molecule has 1 amide bonds. The molecule has 0 saturated carbocycles. The summed E-state index contributed by atoms with van der Waals surface area (Å²) >= 11 is 6.06. The molecule has 0 aliphatic carbocycles. The summed E-state index contributed by atoms with van der Waals surface area (Å²) in [5.74, 6) is 0.800. The van der Waals surface area contributed by atoms with Gasteiger partial charge in [0.2, 0.25) is 5.91 Å². The van der Waals surface area contributed by atoms with E-state index in [-0.39, 0.29) is 11.8 Å². The van der Waals surface area contributed by atoms with Gasteiger partial charge in [-0.05, 0) is 18.1 Å². The van der Waals surface area contributed by atoms with Crippen LogP contribution in [-0.4, -0.2) is 46.2 Å². The minimum Gasteiger partial charge on any atom is -0.369 e. The maximum atomic E-state index is 12.4. The summed E-state index contributed by atoms with van der Waals surface area (Å²) in [6, 6.07) is 2.68. The number of pyridine rings is 1. The molecule has 3 rings (SSSR count). The number of halogens is 4. The summed E-state index contributed by atoms with van der Waals surface area (Å²) in [6.45, 7) is 3.68.